The standard InChI is InChI=1S/C21H19N5OS2/c22-12-13-28-18-9-5-4-8-17(18)23-19(27)14-29-21-24-20(15-10-11-15)26(25-21)16-6-2-1-3-7-16/h1-9,15H,10-11,13-14H2,(H,23,27). The molecule has 0 spiro atoms. The van der Waals surface area contributed by atoms with E-state index < -0.39 is 0 Å². The molecule has 1 amide bonds. The maximum Gasteiger partial charge on any atom is 0.234 e. The molecule has 1 fully saturated rings. The number of carbonyl (C=O) groups is 1. The molecule has 0 radical (unpaired) electrons. The third-order valence-electron chi connectivity index (χ3n) is 4.34. The molecule has 6 nitrogen and oxygen atoms in total. The number of hydrogen-bond donors (Lipinski definition) is 1. The zero-order valence-corrected chi connectivity index (χ0v) is 17.2. The summed E-state index contributed by atoms with van der Waals surface area (Å²) < 4.78 is 1.89. The smallest absolute Gasteiger partial charge is 0.234 e. The third-order valence-corrected chi connectivity index (χ3v) is 6.12. The summed E-state index contributed by atoms with van der Waals surface area (Å²) in [6.07, 6.45) is 2.26. The van der Waals surface area contributed by atoms with Crippen LogP contribution in [0.2, 0.25) is 0 Å². The Balaban J connectivity index is 1.42. The Kier molecular flexibility index (Phi) is 6.17. The lowest BCUT2D eigenvalue weighted by molar-refractivity contribution is -0.113. The first-order chi connectivity index (χ1) is 14.2. The van der Waals surface area contributed by atoms with Crippen LogP contribution in [0.15, 0.2) is 64.6 Å². The first-order valence-corrected chi connectivity index (χ1v) is 11.3. The lowest BCUT2D eigenvalue weighted by Gasteiger charge is -2.08. The number of nitrogens with zero attached hydrogens (tertiary/aromatic N) is 4. The number of hydrogen-bond acceptors (Lipinski definition) is 6. The molecule has 3 aromatic rings. The molecule has 0 bridgehead atoms. The minimum absolute atomic E-state index is 0.121. The maximum atomic E-state index is 12.5. The van der Waals surface area contributed by atoms with Crippen molar-refractivity contribution in [3.05, 3.63) is 60.4 Å². The molecule has 4 rings (SSSR count). The van der Waals surface area contributed by atoms with Crippen LogP contribution in [-0.2, 0) is 4.79 Å². The zero-order chi connectivity index (χ0) is 20.1. The lowest BCUT2D eigenvalue weighted by Crippen LogP contribution is -2.14. The molecule has 0 saturated heterocycles. The van der Waals surface area contributed by atoms with E-state index in [1.54, 1.807) is 0 Å². The molecule has 146 valence electrons. The minimum Gasteiger partial charge on any atom is -0.324 e. The second kappa shape index (κ2) is 9.16. The number of para-hydroxylation sites is 2. The van der Waals surface area contributed by atoms with Gasteiger partial charge in [0.25, 0.3) is 0 Å². The molecule has 1 aliphatic rings. The predicted molar refractivity (Wildman–Crippen MR) is 115 cm³/mol. The summed E-state index contributed by atoms with van der Waals surface area (Å²) in [7, 11) is 0. The van der Waals surface area contributed by atoms with Crippen LogP contribution in [0.1, 0.15) is 24.6 Å². The largest absolute Gasteiger partial charge is 0.324 e. The molecule has 1 aromatic heterocycles. The molecule has 1 heterocycles. The van der Waals surface area contributed by atoms with Gasteiger partial charge in [0.15, 0.2) is 0 Å². The number of carbonyl (C=O) groups excluding carboxylic acids is 1. The molecule has 0 atom stereocenters. The van der Waals surface area contributed by atoms with E-state index in [0.717, 1.165) is 34.9 Å². The number of aromatic nitrogens is 3. The van der Waals surface area contributed by atoms with Gasteiger partial charge in [0.2, 0.25) is 11.1 Å². The normalized spacial score (nSPS) is 13.1. The van der Waals surface area contributed by atoms with Crippen molar-refractivity contribution >= 4 is 35.1 Å². The lowest BCUT2D eigenvalue weighted by atomic mass is 10.3. The highest BCUT2D eigenvalue weighted by atomic mass is 32.2. The van der Waals surface area contributed by atoms with Crippen LogP contribution in [-0.4, -0.2) is 32.2 Å². The van der Waals surface area contributed by atoms with E-state index in [1.165, 1.54) is 23.5 Å². The molecular weight excluding hydrogens is 402 g/mol. The molecule has 8 heteroatoms. The Morgan fingerprint density at radius 2 is 1.90 bits per heavy atom. The molecule has 2 aromatic carbocycles. The summed E-state index contributed by atoms with van der Waals surface area (Å²) >= 11 is 2.74. The SMILES string of the molecule is N#CCSc1ccccc1NC(=O)CSc1nc(C2CC2)n(-c2ccccc2)n1. The average Bonchev–Trinajstić information content (AvgIpc) is 3.51. The summed E-state index contributed by atoms with van der Waals surface area (Å²) in [5, 5.41) is 16.9. The highest BCUT2D eigenvalue weighted by Crippen LogP contribution is 2.40. The molecule has 1 saturated carbocycles. The van der Waals surface area contributed by atoms with Gasteiger partial charge < -0.3 is 5.32 Å². The minimum atomic E-state index is -0.121. The van der Waals surface area contributed by atoms with Gasteiger partial charge in [-0.15, -0.1) is 16.9 Å². The Morgan fingerprint density at radius 3 is 2.66 bits per heavy atom. The van der Waals surface area contributed by atoms with Crippen molar-refractivity contribution in [2.45, 2.75) is 28.8 Å². The molecular formula is C21H19N5OS2. The maximum absolute atomic E-state index is 12.5. The predicted octanol–water partition coefficient (Wildman–Crippen LogP) is 4.49. The first kappa shape index (κ1) is 19.6. The molecule has 1 aliphatic carbocycles. The number of anilines is 1. The summed E-state index contributed by atoms with van der Waals surface area (Å²) in [6.45, 7) is 0. The van der Waals surface area contributed by atoms with Crippen molar-refractivity contribution in [3.8, 4) is 11.8 Å². The number of benzene rings is 2. The van der Waals surface area contributed by atoms with E-state index in [-0.39, 0.29) is 11.7 Å². The van der Waals surface area contributed by atoms with Gasteiger partial charge in [0.1, 0.15) is 5.82 Å². The second-order valence-corrected chi connectivity index (χ2v) is 8.51. The highest BCUT2D eigenvalue weighted by Gasteiger charge is 2.30. The van der Waals surface area contributed by atoms with E-state index in [4.69, 9.17) is 5.26 Å². The van der Waals surface area contributed by atoms with Crippen LogP contribution < -0.4 is 5.32 Å². The van der Waals surface area contributed by atoms with Crippen LogP contribution in [0, 0.1) is 11.3 Å². The van der Waals surface area contributed by atoms with E-state index in [2.05, 4.69) is 21.5 Å². The molecule has 1 N–H and O–H groups in total. The van der Waals surface area contributed by atoms with Gasteiger partial charge in [0.05, 0.1) is 28.9 Å². The summed E-state index contributed by atoms with van der Waals surface area (Å²) in [5.41, 5.74) is 1.71. The summed E-state index contributed by atoms with van der Waals surface area (Å²) in [4.78, 5) is 18.0. The van der Waals surface area contributed by atoms with E-state index >= 15 is 0 Å². The van der Waals surface area contributed by atoms with Crippen molar-refractivity contribution in [2.24, 2.45) is 0 Å². The van der Waals surface area contributed by atoms with Crippen LogP contribution in [0.4, 0.5) is 5.69 Å². The summed E-state index contributed by atoms with van der Waals surface area (Å²) in [5.74, 6) is 1.86. The zero-order valence-electron chi connectivity index (χ0n) is 15.6. The van der Waals surface area contributed by atoms with Crippen molar-refractivity contribution in [1.82, 2.24) is 14.8 Å². The van der Waals surface area contributed by atoms with Gasteiger partial charge in [-0.25, -0.2) is 9.67 Å². The van der Waals surface area contributed by atoms with Gasteiger partial charge in [-0.3, -0.25) is 4.79 Å². The van der Waals surface area contributed by atoms with E-state index in [9.17, 15) is 4.79 Å². The summed E-state index contributed by atoms with van der Waals surface area (Å²) in [6, 6.07) is 19.6. The highest BCUT2D eigenvalue weighted by molar-refractivity contribution is 8.00. The number of thioether (sulfide) groups is 2. The fourth-order valence-electron chi connectivity index (χ4n) is 2.85. The fraction of sp³-hybridized carbons (Fsp3) is 0.238. The topological polar surface area (TPSA) is 83.6 Å². The Bertz CT molecular complexity index is 1040. The molecule has 0 aliphatic heterocycles. The fourth-order valence-corrected chi connectivity index (χ4v) is 4.15. The van der Waals surface area contributed by atoms with Crippen molar-refractivity contribution in [3.63, 3.8) is 0 Å². The van der Waals surface area contributed by atoms with Gasteiger partial charge in [-0.2, -0.15) is 5.26 Å². The quantitative estimate of drug-likeness (QED) is 0.540. The van der Waals surface area contributed by atoms with E-state index in [1.807, 2.05) is 59.3 Å². The van der Waals surface area contributed by atoms with E-state index in [0.29, 0.717) is 16.8 Å². The van der Waals surface area contributed by atoms with Crippen LogP contribution in [0.3, 0.4) is 0 Å². The Labute approximate surface area is 177 Å². The van der Waals surface area contributed by atoms with Crippen LogP contribution in [0.5, 0.6) is 0 Å². The van der Waals surface area contributed by atoms with Crippen molar-refractivity contribution < 1.29 is 4.79 Å². The second-order valence-electron chi connectivity index (χ2n) is 6.55. The number of rotatable bonds is 8. The Hall–Kier alpha value is -2.76. The van der Waals surface area contributed by atoms with Crippen molar-refractivity contribution in [2.75, 3.05) is 16.8 Å². The van der Waals surface area contributed by atoms with Crippen LogP contribution >= 0.6 is 23.5 Å². The Morgan fingerprint density at radius 1 is 1.14 bits per heavy atom. The molecule has 29 heavy (non-hydrogen) atoms. The van der Waals surface area contributed by atoms with Gasteiger partial charge >= 0.3 is 0 Å². The monoisotopic (exact) mass is 421 g/mol. The average molecular weight is 422 g/mol. The molecule has 0 unspecified atom stereocenters. The number of amides is 1. The third kappa shape index (κ3) is 5.00. The van der Waals surface area contributed by atoms with Gasteiger partial charge in [-0.05, 0) is 37.1 Å². The van der Waals surface area contributed by atoms with Gasteiger partial charge in [0, 0.05) is 10.8 Å². The van der Waals surface area contributed by atoms with Gasteiger partial charge in [-0.1, -0.05) is 42.1 Å². The van der Waals surface area contributed by atoms with Crippen LogP contribution in [0.25, 0.3) is 5.69 Å². The number of nitrogens with one attached hydrogen (secondary N) is 1. The number of nitriles is 1. The van der Waals surface area contributed by atoms with Crippen molar-refractivity contribution in [1.29, 1.82) is 5.26 Å². The first-order valence-electron chi connectivity index (χ1n) is 9.28.